The number of ketones is 3. The van der Waals surface area contributed by atoms with E-state index in [4.69, 9.17) is 30.5 Å². The average Bonchev–Trinajstić information content (AvgIpc) is 3.44. The predicted octanol–water partition coefficient (Wildman–Crippen LogP) is 5.72. The van der Waals surface area contributed by atoms with Gasteiger partial charge in [-0.25, -0.2) is 0 Å². The monoisotopic (exact) mass is 820 g/mol. The van der Waals surface area contributed by atoms with Crippen molar-refractivity contribution in [3.8, 4) is 11.5 Å². The van der Waals surface area contributed by atoms with E-state index in [0.717, 1.165) is 6.26 Å². The number of methoxy groups -OCH3 is 1. The van der Waals surface area contributed by atoms with E-state index in [1.54, 1.807) is 52.0 Å². The van der Waals surface area contributed by atoms with Gasteiger partial charge in [0.05, 0.1) is 41.3 Å². The SMILES string of the molecule is COC1C=COC2(C)Oc3c(C)c(O)c4c(c3C2=O)C(=O)C(Nc2cccc(Cl)c2)=C(NC(=O)C(C)=CC=CC(C)C(O)C(C)C(O)C(C)C(OC(C)=O)C1C)C4=O. The number of carbonyl (C=O) groups is 5. The quantitative estimate of drug-likeness (QED) is 0.234. The van der Waals surface area contributed by atoms with Gasteiger partial charge in [0.2, 0.25) is 11.6 Å². The first-order chi connectivity index (χ1) is 27.2. The molecule has 1 aliphatic carbocycles. The van der Waals surface area contributed by atoms with Crippen LogP contribution in [-0.4, -0.2) is 81.9 Å². The number of hydrogen-bond donors (Lipinski definition) is 5. The minimum atomic E-state index is -2.11. The Balaban J connectivity index is 1.68. The molecule has 0 saturated heterocycles. The number of fused-ring (bicyclic) bond motifs is 14. The number of aliphatic hydroxyl groups is 2. The molecule has 5 N–H and O–H groups in total. The summed E-state index contributed by atoms with van der Waals surface area (Å²) in [6.07, 6.45) is 3.25. The summed E-state index contributed by atoms with van der Waals surface area (Å²) in [6.45, 7) is 12.2. The van der Waals surface area contributed by atoms with Gasteiger partial charge in [-0.1, -0.05) is 63.6 Å². The number of anilines is 1. The first-order valence-electron chi connectivity index (χ1n) is 18.8. The van der Waals surface area contributed by atoms with E-state index >= 15 is 0 Å². The van der Waals surface area contributed by atoms with E-state index in [9.17, 15) is 39.3 Å². The summed E-state index contributed by atoms with van der Waals surface area (Å²) in [5.74, 6) is -9.62. The second-order valence-corrected chi connectivity index (χ2v) is 15.6. The topological polar surface area (TPSA) is 207 Å². The molecular formula is C43H49ClN2O12. The smallest absolute Gasteiger partial charge is 0.312 e. The van der Waals surface area contributed by atoms with Crippen LogP contribution < -0.4 is 15.4 Å². The first kappa shape index (κ1) is 43.8. The van der Waals surface area contributed by atoms with Crippen LogP contribution >= 0.6 is 11.6 Å². The van der Waals surface area contributed by atoms with Crippen LogP contribution in [0.15, 0.2) is 71.8 Å². The lowest BCUT2D eigenvalue weighted by Crippen LogP contribution is -2.46. The van der Waals surface area contributed by atoms with E-state index < -0.39 is 111 Å². The highest BCUT2D eigenvalue weighted by Crippen LogP contribution is 2.48. The maximum absolute atomic E-state index is 14.6. The van der Waals surface area contributed by atoms with Crippen molar-refractivity contribution in [3.05, 3.63) is 99.1 Å². The third kappa shape index (κ3) is 8.33. The zero-order chi connectivity index (χ0) is 43.0. The summed E-state index contributed by atoms with van der Waals surface area (Å²) in [5, 5.41) is 40.0. The maximum atomic E-state index is 14.6. The van der Waals surface area contributed by atoms with Gasteiger partial charge in [0.1, 0.15) is 29.0 Å². The number of phenols is 1. The van der Waals surface area contributed by atoms with E-state index in [1.807, 2.05) is 0 Å². The number of nitrogens with one attached hydrogen (secondary N) is 2. The molecule has 0 aromatic heterocycles. The summed E-state index contributed by atoms with van der Waals surface area (Å²) in [6, 6.07) is 6.25. The Kier molecular flexibility index (Phi) is 13.1. The lowest BCUT2D eigenvalue weighted by Gasteiger charge is -2.38. The number of benzene rings is 2. The largest absolute Gasteiger partial charge is 0.507 e. The van der Waals surface area contributed by atoms with Crippen LogP contribution in [0.5, 0.6) is 11.5 Å². The fraction of sp³-hybridized carbons (Fsp3) is 0.419. The van der Waals surface area contributed by atoms with Crippen molar-refractivity contribution in [2.24, 2.45) is 23.7 Å². The van der Waals surface area contributed by atoms with E-state index in [2.05, 4.69) is 10.6 Å². The molecule has 310 valence electrons. The molecule has 3 heterocycles. The molecule has 0 radical (unpaired) electrons. The molecule has 0 fully saturated rings. The van der Waals surface area contributed by atoms with Gasteiger partial charge in [-0.2, -0.15) is 0 Å². The molecule has 1 amide bonds. The number of aromatic hydroxyl groups is 1. The lowest BCUT2D eigenvalue weighted by molar-refractivity contribution is -0.160. The van der Waals surface area contributed by atoms with E-state index in [-0.39, 0.29) is 28.1 Å². The normalized spacial score (nSPS) is 29.4. The zero-order valence-electron chi connectivity index (χ0n) is 33.7. The molecule has 4 aliphatic rings. The molecule has 3 aliphatic heterocycles. The number of Topliss-reactive ketones (excluding diaryl/α,β-unsaturated/α-hetero) is 3. The molecule has 14 nitrogen and oxygen atoms in total. The molecule has 9 unspecified atom stereocenters. The fourth-order valence-electron chi connectivity index (χ4n) is 7.52. The number of rotatable bonds is 4. The van der Waals surface area contributed by atoms with Gasteiger partial charge in [0, 0.05) is 66.5 Å². The lowest BCUT2D eigenvalue weighted by atomic mass is 9.78. The minimum absolute atomic E-state index is 0.0334. The number of carbonyl (C=O) groups excluding carboxylic acids is 5. The van der Waals surface area contributed by atoms with Crippen molar-refractivity contribution >= 4 is 46.5 Å². The zero-order valence-corrected chi connectivity index (χ0v) is 34.5. The Bertz CT molecular complexity index is 2160. The fourth-order valence-corrected chi connectivity index (χ4v) is 7.71. The highest BCUT2D eigenvalue weighted by molar-refractivity contribution is 6.33. The van der Waals surface area contributed by atoms with Crippen LogP contribution in [0.25, 0.3) is 0 Å². The minimum Gasteiger partial charge on any atom is -0.507 e. The van der Waals surface area contributed by atoms with Crippen LogP contribution in [0.2, 0.25) is 5.02 Å². The van der Waals surface area contributed by atoms with Crippen LogP contribution in [0.3, 0.4) is 0 Å². The first-order valence-corrected chi connectivity index (χ1v) is 19.2. The van der Waals surface area contributed by atoms with E-state index in [0.29, 0.717) is 5.02 Å². The summed E-state index contributed by atoms with van der Waals surface area (Å²) < 4.78 is 23.4. The summed E-state index contributed by atoms with van der Waals surface area (Å²) in [4.78, 5) is 69.4. The van der Waals surface area contributed by atoms with Crippen molar-refractivity contribution in [3.63, 3.8) is 0 Å². The van der Waals surface area contributed by atoms with E-state index in [1.165, 1.54) is 59.1 Å². The maximum Gasteiger partial charge on any atom is 0.312 e. The van der Waals surface area contributed by atoms with Gasteiger partial charge in [-0.3, -0.25) is 24.0 Å². The molecule has 9 atom stereocenters. The molecular weight excluding hydrogens is 772 g/mol. The molecule has 6 rings (SSSR count). The van der Waals surface area contributed by atoms with Gasteiger partial charge in [-0.15, -0.1) is 0 Å². The molecule has 2 aromatic rings. The van der Waals surface area contributed by atoms with Gasteiger partial charge >= 0.3 is 11.8 Å². The van der Waals surface area contributed by atoms with Crippen molar-refractivity contribution in [2.45, 2.75) is 85.6 Å². The van der Waals surface area contributed by atoms with Gasteiger partial charge in [-0.05, 0) is 38.1 Å². The molecule has 0 spiro atoms. The second kappa shape index (κ2) is 17.3. The number of halogens is 1. The Morgan fingerprint density at radius 3 is 2.28 bits per heavy atom. The summed E-state index contributed by atoms with van der Waals surface area (Å²) in [7, 11) is 1.41. The van der Waals surface area contributed by atoms with Crippen LogP contribution in [0, 0.1) is 30.6 Å². The van der Waals surface area contributed by atoms with Gasteiger partial charge in [0.25, 0.3) is 11.7 Å². The number of ether oxygens (including phenoxy) is 4. The summed E-state index contributed by atoms with van der Waals surface area (Å²) in [5.41, 5.74) is -1.85. The number of hydrogen-bond acceptors (Lipinski definition) is 13. The molecule has 0 saturated carbocycles. The number of amides is 1. The average molecular weight is 821 g/mol. The second-order valence-electron chi connectivity index (χ2n) is 15.2. The Morgan fingerprint density at radius 1 is 0.948 bits per heavy atom. The predicted molar refractivity (Wildman–Crippen MR) is 213 cm³/mol. The number of phenolic OH excluding ortho intramolecular Hbond substituents is 1. The van der Waals surface area contributed by atoms with Crippen LogP contribution in [-0.2, 0) is 23.8 Å². The van der Waals surface area contributed by atoms with Crippen LogP contribution in [0.1, 0.15) is 85.1 Å². The van der Waals surface area contributed by atoms with Crippen molar-refractivity contribution in [1.29, 1.82) is 0 Å². The molecule has 15 heteroatoms. The third-order valence-electron chi connectivity index (χ3n) is 11.1. The number of esters is 1. The third-order valence-corrected chi connectivity index (χ3v) is 11.3. The van der Waals surface area contributed by atoms with Crippen LogP contribution in [0.4, 0.5) is 5.69 Å². The van der Waals surface area contributed by atoms with Crippen molar-refractivity contribution in [1.82, 2.24) is 5.32 Å². The molecule has 2 aromatic carbocycles. The Hall–Kier alpha value is -5.28. The highest BCUT2D eigenvalue weighted by atomic mass is 35.5. The van der Waals surface area contributed by atoms with Crippen molar-refractivity contribution < 1.29 is 58.2 Å². The number of aliphatic hydroxyl groups excluding tert-OH is 2. The Morgan fingerprint density at radius 2 is 1.64 bits per heavy atom. The summed E-state index contributed by atoms with van der Waals surface area (Å²) >= 11 is 6.22. The van der Waals surface area contributed by atoms with Gasteiger partial charge in [0.15, 0.2) is 0 Å². The standard InChI is InChI=1S/C43H49ClN2O12/c1-19-12-10-13-20(2)42(54)46-33-32(45-27-15-11-14-26(44)18-27)37(51)29-30(38(33)52)36(50)24(6)40-31(29)41(53)43(8,58-40)56-17-16-28(55-9)21(3)39(57-25(7)47)23(5)35(49)22(4)34(19)48/h10-19,21-23,28,34-35,39,45,48-50H,1-9H3,(H,46,54). The van der Waals surface area contributed by atoms with Gasteiger partial charge < -0.3 is 44.9 Å². The number of allylic oxidation sites excluding steroid dienone is 4. The highest BCUT2D eigenvalue weighted by Gasteiger charge is 2.53. The molecule has 58 heavy (non-hydrogen) atoms. The Labute approximate surface area is 341 Å². The van der Waals surface area contributed by atoms with Crippen molar-refractivity contribution in [2.75, 3.05) is 12.4 Å². The molecule has 5 bridgehead atoms.